The van der Waals surface area contributed by atoms with Crippen LogP contribution in [0.4, 0.5) is 0 Å². The van der Waals surface area contributed by atoms with E-state index in [0.717, 1.165) is 0 Å². The molecule has 7 heteroatoms. The minimum absolute atomic E-state index is 2.21. The second-order valence-electron chi connectivity index (χ2n) is 0.808. The van der Waals surface area contributed by atoms with Crippen LogP contribution in [0.15, 0.2) is 0 Å². The smallest absolute Gasteiger partial charge is 0.283 e. The normalized spacial score (nSPS) is 12.6. The highest BCUT2D eigenvalue weighted by Gasteiger charge is 2.10. The molecule has 0 radical (unpaired) electrons. The van der Waals surface area contributed by atoms with Crippen LogP contribution in [-0.4, -0.2) is 13.0 Å². The highest BCUT2D eigenvalue weighted by molar-refractivity contribution is 8.45. The number of hydrogen-bond donors (Lipinski definition) is 3. The van der Waals surface area contributed by atoms with Gasteiger partial charge < -0.3 is 0 Å². The zero-order valence-corrected chi connectivity index (χ0v) is 4.98. The molecular formula is H5N2O3PS. The van der Waals surface area contributed by atoms with Crippen molar-refractivity contribution in [3.63, 3.8) is 0 Å². The second-order valence-corrected chi connectivity index (χ2v) is 5.07. The number of hydrogen-bond acceptors (Lipinski definition) is 4. The maximum Gasteiger partial charge on any atom is 0.309 e. The van der Waals surface area contributed by atoms with Crippen molar-refractivity contribution in [3.05, 3.63) is 0 Å². The summed E-state index contributed by atoms with van der Waals surface area (Å²) in [6.45, 7) is 0. The van der Waals surface area contributed by atoms with Crippen LogP contribution in [0, 0.1) is 0 Å². The molecule has 0 bridgehead atoms. The first-order valence-corrected chi connectivity index (χ1v) is 4.74. The van der Waals surface area contributed by atoms with Gasteiger partial charge in [0.1, 0.15) is 0 Å². The predicted molar refractivity (Wildman–Crippen MR) is 26.8 cm³/mol. The third-order valence-electron chi connectivity index (χ3n) is 0.266. The molecule has 7 heavy (non-hydrogen) atoms. The molecule has 0 atom stereocenters. The minimum Gasteiger partial charge on any atom is -0.283 e. The Labute approximate surface area is 42.0 Å². The van der Waals surface area contributed by atoms with Crippen LogP contribution in [-0.2, 0) is 9.74 Å². The third kappa shape index (κ3) is 2.90. The molecule has 0 spiro atoms. The van der Waals surface area contributed by atoms with Gasteiger partial charge in [0.15, 0.2) is 7.42 Å². The molecule has 44 valence electrons. The highest BCUT2D eigenvalue weighted by Crippen LogP contribution is 2.20. The van der Waals surface area contributed by atoms with Gasteiger partial charge in [-0.25, -0.2) is 0 Å². The van der Waals surface area contributed by atoms with Crippen molar-refractivity contribution >= 4 is 17.2 Å². The van der Waals surface area contributed by atoms with Crippen molar-refractivity contribution in [3.8, 4) is 0 Å². The van der Waals surface area contributed by atoms with Gasteiger partial charge in [0.05, 0.1) is 0 Å². The molecule has 0 amide bonds. The Hall–Kier alpha value is 0.260. The Morgan fingerprint density at radius 1 is 1.43 bits per heavy atom. The Morgan fingerprint density at radius 2 is 1.57 bits per heavy atom. The van der Waals surface area contributed by atoms with Gasteiger partial charge in [-0.2, -0.15) is 8.42 Å². The molecule has 0 aliphatic rings. The quantitative estimate of drug-likeness (QED) is 0.324. The third-order valence-corrected chi connectivity index (χ3v) is 2.40. The highest BCUT2D eigenvalue weighted by atomic mass is 32.8. The number of nitrogens with two attached hydrogens (primary N) is 2. The molecule has 5 nitrogen and oxygen atoms in total. The lowest BCUT2D eigenvalue weighted by Gasteiger charge is -1.94. The molecule has 0 unspecified atom stereocenters. The molecule has 0 aliphatic carbocycles. The van der Waals surface area contributed by atoms with Crippen molar-refractivity contribution in [1.82, 2.24) is 0 Å². The summed E-state index contributed by atoms with van der Waals surface area (Å²) in [6.07, 6.45) is 0. The van der Waals surface area contributed by atoms with Crippen LogP contribution in [0.25, 0.3) is 0 Å². The van der Waals surface area contributed by atoms with Gasteiger partial charge in [-0.3, -0.25) is 15.6 Å². The maximum atomic E-state index is 9.67. The van der Waals surface area contributed by atoms with Crippen LogP contribution in [0.2, 0.25) is 0 Å². The van der Waals surface area contributed by atoms with E-state index in [2.05, 4.69) is 11.0 Å². The monoisotopic (exact) mass is 144 g/mol. The van der Waals surface area contributed by atoms with E-state index in [1.165, 1.54) is 0 Å². The maximum absolute atomic E-state index is 9.67. The van der Waals surface area contributed by atoms with Crippen LogP contribution in [0.3, 0.4) is 0 Å². The zero-order chi connectivity index (χ0) is 6.08. The van der Waals surface area contributed by atoms with Gasteiger partial charge >= 0.3 is 9.74 Å². The van der Waals surface area contributed by atoms with Crippen LogP contribution in [0.1, 0.15) is 0 Å². The summed E-state index contributed by atoms with van der Waals surface area (Å²) in [6, 6.07) is 0. The van der Waals surface area contributed by atoms with Gasteiger partial charge in [-0.15, -0.1) is 0 Å². The van der Waals surface area contributed by atoms with Crippen molar-refractivity contribution in [2.45, 2.75) is 0 Å². The van der Waals surface area contributed by atoms with Crippen molar-refractivity contribution < 1.29 is 13.0 Å². The standard InChI is InChI=1S/H5N2O3PS/c1-6(2)7(3,4)5/h1-2H2,(H,3,4,5). The molecule has 0 aromatic rings. The van der Waals surface area contributed by atoms with E-state index in [0.29, 0.717) is 0 Å². The van der Waals surface area contributed by atoms with E-state index in [9.17, 15) is 8.42 Å². The van der Waals surface area contributed by atoms with Gasteiger partial charge in [0.2, 0.25) is 0 Å². The van der Waals surface area contributed by atoms with Gasteiger partial charge in [0.25, 0.3) is 0 Å². The van der Waals surface area contributed by atoms with Crippen LogP contribution in [0.5, 0.6) is 0 Å². The van der Waals surface area contributed by atoms with E-state index >= 15 is 0 Å². The van der Waals surface area contributed by atoms with Crippen molar-refractivity contribution in [1.29, 1.82) is 0 Å². The van der Waals surface area contributed by atoms with E-state index in [1.807, 2.05) is 0 Å². The summed E-state index contributed by atoms with van der Waals surface area (Å²) >= 11 is 0. The van der Waals surface area contributed by atoms with E-state index in [1.54, 1.807) is 0 Å². The summed E-state index contributed by atoms with van der Waals surface area (Å²) in [4.78, 5) is 0. The summed E-state index contributed by atoms with van der Waals surface area (Å²) < 4.78 is 27.2. The Bertz CT molecular complexity index is 135. The van der Waals surface area contributed by atoms with Crippen molar-refractivity contribution in [2.75, 3.05) is 0 Å². The molecular weight excluding hydrogens is 139 g/mol. The summed E-state index contributed by atoms with van der Waals surface area (Å²) in [5.41, 5.74) is 9.15. The Balaban J connectivity index is 4.10. The second kappa shape index (κ2) is 2.02. The molecule has 5 N–H and O–H groups in total. The first-order valence-electron chi connectivity index (χ1n) is 1.21. The summed E-state index contributed by atoms with van der Waals surface area (Å²) in [7, 11) is -6.33. The lowest BCUT2D eigenvalue weighted by molar-refractivity contribution is 0.501. The molecule has 0 aliphatic heterocycles. The molecule has 0 heterocycles. The zero-order valence-electron chi connectivity index (χ0n) is 3.27. The predicted octanol–water partition coefficient (Wildman–Crippen LogP) is -0.981. The average molecular weight is 144 g/mol. The Kier molecular flexibility index (Phi) is 2.09. The van der Waals surface area contributed by atoms with E-state index in [4.69, 9.17) is 4.55 Å². The van der Waals surface area contributed by atoms with E-state index < -0.39 is 17.2 Å². The Morgan fingerprint density at radius 3 is 1.57 bits per heavy atom. The topological polar surface area (TPSA) is 106 Å². The largest absolute Gasteiger partial charge is 0.309 e. The SMILES string of the molecule is NP(N)S(=O)(=O)O. The van der Waals surface area contributed by atoms with Gasteiger partial charge in [-0.05, 0) is 0 Å². The average Bonchev–Trinajstić information content (AvgIpc) is 1.31. The number of rotatable bonds is 1. The molecule has 0 aromatic heterocycles. The fourth-order valence-electron chi connectivity index (χ4n) is 0. The molecule has 0 saturated heterocycles. The first kappa shape index (κ1) is 7.26. The summed E-state index contributed by atoms with van der Waals surface area (Å²) in [5, 5.41) is 0. The lowest BCUT2D eigenvalue weighted by Crippen LogP contribution is -2.08. The molecule has 0 aromatic carbocycles. The van der Waals surface area contributed by atoms with Crippen LogP contribution < -0.4 is 11.0 Å². The fourth-order valence-corrected chi connectivity index (χ4v) is 0. The molecule has 0 rings (SSSR count). The minimum atomic E-state index is -4.12. The molecule has 0 fully saturated rings. The van der Waals surface area contributed by atoms with Gasteiger partial charge in [-0.1, -0.05) is 0 Å². The van der Waals surface area contributed by atoms with Gasteiger partial charge in [0, 0.05) is 0 Å². The first-order chi connectivity index (χ1) is 2.94. The summed E-state index contributed by atoms with van der Waals surface area (Å²) in [5.74, 6) is 0. The van der Waals surface area contributed by atoms with E-state index in [-0.39, 0.29) is 0 Å². The van der Waals surface area contributed by atoms with Crippen molar-refractivity contribution in [2.24, 2.45) is 11.0 Å². The lowest BCUT2D eigenvalue weighted by atomic mass is 13.9. The fraction of sp³-hybridized carbons (Fsp3) is 0. The van der Waals surface area contributed by atoms with Crippen LogP contribution >= 0.6 is 7.42 Å². The molecule has 0 saturated carbocycles.